The minimum atomic E-state index is 0.0116. The highest BCUT2D eigenvalue weighted by molar-refractivity contribution is 5.76. The van der Waals surface area contributed by atoms with E-state index in [4.69, 9.17) is 4.98 Å². The third-order valence-electron chi connectivity index (χ3n) is 6.27. The molecule has 6 nitrogen and oxygen atoms in total. The molecular formula is C24H33N6+. The number of hydrogen-bond donors (Lipinski definition) is 1. The molecule has 0 radical (unpaired) electrons. The number of aromatic amines is 1. The van der Waals surface area contributed by atoms with Gasteiger partial charge in [-0.2, -0.15) is 5.10 Å². The Kier molecular flexibility index (Phi) is 5.35. The Morgan fingerprint density at radius 1 is 1.10 bits per heavy atom. The summed E-state index contributed by atoms with van der Waals surface area (Å²) in [5, 5.41) is 3.42. The van der Waals surface area contributed by atoms with E-state index in [1.165, 1.54) is 6.42 Å². The Morgan fingerprint density at radius 3 is 2.50 bits per heavy atom. The monoisotopic (exact) mass is 405 g/mol. The normalized spacial score (nSPS) is 24.1. The highest BCUT2D eigenvalue weighted by atomic mass is 15.3. The standard InChI is InChI=1S/C24H32N6/c1-16-10-17(2)13-24(3,12-16)23-26-15-25-22(27-23)19-9-7-8-18(11-19)21-20(29(4)5)14-30(6)28-21/h7-9,11,14-17H,10,12-13H2,1-6H3/p+1. The van der Waals surface area contributed by atoms with Crippen molar-refractivity contribution in [1.82, 2.24) is 20.1 Å². The van der Waals surface area contributed by atoms with Crippen molar-refractivity contribution in [3.05, 3.63) is 42.6 Å². The zero-order valence-corrected chi connectivity index (χ0v) is 19.0. The van der Waals surface area contributed by atoms with Gasteiger partial charge in [-0.25, -0.2) is 15.0 Å². The predicted molar refractivity (Wildman–Crippen MR) is 120 cm³/mol. The molecule has 0 aliphatic heterocycles. The summed E-state index contributed by atoms with van der Waals surface area (Å²) in [4.78, 5) is 16.2. The molecule has 1 aliphatic rings. The van der Waals surface area contributed by atoms with E-state index in [9.17, 15) is 0 Å². The average Bonchev–Trinajstić information content (AvgIpc) is 3.09. The van der Waals surface area contributed by atoms with Crippen molar-refractivity contribution in [2.24, 2.45) is 18.9 Å². The summed E-state index contributed by atoms with van der Waals surface area (Å²) in [6, 6.07) is 8.43. The van der Waals surface area contributed by atoms with Gasteiger partial charge in [-0.3, -0.25) is 0 Å². The van der Waals surface area contributed by atoms with Gasteiger partial charge in [0, 0.05) is 30.6 Å². The van der Waals surface area contributed by atoms with Gasteiger partial charge in [0.05, 0.1) is 0 Å². The van der Waals surface area contributed by atoms with Crippen molar-refractivity contribution in [1.29, 1.82) is 0 Å². The topological polar surface area (TPSA) is 61.6 Å². The second-order valence-electron chi connectivity index (χ2n) is 9.63. The summed E-state index contributed by atoms with van der Waals surface area (Å²) < 4.78 is 1.98. The van der Waals surface area contributed by atoms with E-state index in [1.54, 1.807) is 6.33 Å². The molecule has 1 N–H and O–H groups in total. The van der Waals surface area contributed by atoms with Crippen molar-refractivity contribution in [3.63, 3.8) is 0 Å². The van der Waals surface area contributed by atoms with Crippen LogP contribution in [0.2, 0.25) is 0 Å². The average molecular weight is 406 g/mol. The molecular weight excluding hydrogens is 372 g/mol. The van der Waals surface area contributed by atoms with Crippen LogP contribution in [0.1, 0.15) is 45.9 Å². The van der Waals surface area contributed by atoms with Crippen LogP contribution >= 0.6 is 0 Å². The van der Waals surface area contributed by atoms with Gasteiger partial charge < -0.3 is 4.90 Å². The maximum atomic E-state index is 4.96. The van der Waals surface area contributed by atoms with Crippen LogP contribution in [0.4, 0.5) is 5.69 Å². The molecule has 158 valence electrons. The lowest BCUT2D eigenvalue weighted by Crippen LogP contribution is -2.34. The maximum Gasteiger partial charge on any atom is 0.219 e. The molecule has 1 saturated carbocycles. The van der Waals surface area contributed by atoms with Crippen LogP contribution in [-0.4, -0.2) is 34.1 Å². The molecule has 1 aromatic carbocycles. The zero-order valence-electron chi connectivity index (χ0n) is 19.0. The first kappa shape index (κ1) is 20.5. The summed E-state index contributed by atoms with van der Waals surface area (Å²) in [5.74, 6) is 3.06. The largest absolute Gasteiger partial charge is 0.371 e. The maximum absolute atomic E-state index is 4.96. The van der Waals surface area contributed by atoms with Crippen LogP contribution in [-0.2, 0) is 12.5 Å². The molecule has 0 bridgehead atoms. The second kappa shape index (κ2) is 7.82. The second-order valence-corrected chi connectivity index (χ2v) is 9.63. The zero-order chi connectivity index (χ0) is 21.5. The first-order valence-electron chi connectivity index (χ1n) is 10.8. The Hall–Kier alpha value is -2.76. The van der Waals surface area contributed by atoms with Gasteiger partial charge in [0.1, 0.15) is 23.5 Å². The van der Waals surface area contributed by atoms with Crippen molar-refractivity contribution in [3.8, 4) is 22.6 Å². The number of nitrogens with one attached hydrogen (secondary N) is 1. The molecule has 4 rings (SSSR count). The SMILES string of the molecule is CC1CC(C)CC(C)(c2ncnc(-c3cccc(-c4[nH][n+](C)cc4N(C)C)c3)n2)C1. The Labute approximate surface area is 179 Å². The Balaban J connectivity index is 1.71. The molecule has 2 aromatic heterocycles. The molecule has 1 aliphatic carbocycles. The van der Waals surface area contributed by atoms with Crippen LogP contribution in [0.3, 0.4) is 0 Å². The first-order valence-corrected chi connectivity index (χ1v) is 10.8. The van der Waals surface area contributed by atoms with Gasteiger partial charge in [-0.15, -0.1) is 4.68 Å². The van der Waals surface area contributed by atoms with E-state index in [-0.39, 0.29) is 5.41 Å². The lowest BCUT2D eigenvalue weighted by molar-refractivity contribution is -0.725. The van der Waals surface area contributed by atoms with E-state index in [0.29, 0.717) is 11.8 Å². The third-order valence-corrected chi connectivity index (χ3v) is 6.27. The molecule has 2 unspecified atom stereocenters. The van der Waals surface area contributed by atoms with Crippen molar-refractivity contribution in [2.45, 2.75) is 45.4 Å². The number of anilines is 1. The molecule has 3 aromatic rings. The van der Waals surface area contributed by atoms with Crippen LogP contribution in [0, 0.1) is 11.8 Å². The molecule has 2 atom stereocenters. The van der Waals surface area contributed by atoms with Gasteiger partial charge in [0.15, 0.2) is 12.9 Å². The number of rotatable bonds is 4. The van der Waals surface area contributed by atoms with E-state index in [2.05, 4.69) is 85.3 Å². The molecule has 1 fully saturated rings. The summed E-state index contributed by atoms with van der Waals surface area (Å²) in [7, 11) is 6.12. The van der Waals surface area contributed by atoms with E-state index >= 15 is 0 Å². The summed E-state index contributed by atoms with van der Waals surface area (Å²) in [6.07, 6.45) is 7.32. The lowest BCUT2D eigenvalue weighted by Gasteiger charge is -2.39. The van der Waals surface area contributed by atoms with Gasteiger partial charge in [0.25, 0.3) is 0 Å². The lowest BCUT2D eigenvalue weighted by atomic mass is 9.67. The summed E-state index contributed by atoms with van der Waals surface area (Å²) in [6.45, 7) is 7.01. The van der Waals surface area contributed by atoms with Gasteiger partial charge in [-0.05, 0) is 37.2 Å². The van der Waals surface area contributed by atoms with Crippen molar-refractivity contribution < 1.29 is 4.68 Å². The number of benzene rings is 1. The number of aromatic nitrogens is 5. The molecule has 2 heterocycles. The van der Waals surface area contributed by atoms with Crippen LogP contribution in [0.15, 0.2) is 36.8 Å². The summed E-state index contributed by atoms with van der Waals surface area (Å²) in [5.41, 5.74) is 4.37. The Morgan fingerprint density at radius 2 is 1.80 bits per heavy atom. The number of aryl methyl sites for hydroxylation is 1. The van der Waals surface area contributed by atoms with Crippen molar-refractivity contribution >= 4 is 5.69 Å². The fourth-order valence-corrected chi connectivity index (χ4v) is 5.26. The molecule has 6 heteroatoms. The highest BCUT2D eigenvalue weighted by Crippen LogP contribution is 2.43. The molecule has 30 heavy (non-hydrogen) atoms. The molecule has 0 amide bonds. The van der Waals surface area contributed by atoms with Crippen LogP contribution in [0.25, 0.3) is 22.6 Å². The third kappa shape index (κ3) is 3.95. The van der Waals surface area contributed by atoms with Crippen LogP contribution < -0.4 is 9.58 Å². The highest BCUT2D eigenvalue weighted by Gasteiger charge is 2.37. The quantitative estimate of drug-likeness (QED) is 0.663. The number of hydrogen-bond acceptors (Lipinski definition) is 4. The van der Waals surface area contributed by atoms with Gasteiger partial charge >= 0.3 is 0 Å². The number of nitrogens with zero attached hydrogens (tertiary/aromatic N) is 5. The summed E-state index contributed by atoms with van der Waals surface area (Å²) >= 11 is 0. The fraction of sp³-hybridized carbons (Fsp3) is 0.500. The minimum absolute atomic E-state index is 0.0116. The Bertz CT molecular complexity index is 1030. The smallest absolute Gasteiger partial charge is 0.219 e. The fourth-order valence-electron chi connectivity index (χ4n) is 5.26. The minimum Gasteiger partial charge on any atom is -0.371 e. The predicted octanol–water partition coefficient (Wildman–Crippen LogP) is 4.14. The van der Waals surface area contributed by atoms with E-state index < -0.39 is 0 Å². The first-order chi connectivity index (χ1) is 14.2. The van der Waals surface area contributed by atoms with Gasteiger partial charge in [-0.1, -0.05) is 39.0 Å². The molecule has 0 saturated heterocycles. The van der Waals surface area contributed by atoms with E-state index in [1.807, 2.05) is 11.7 Å². The molecule has 0 spiro atoms. The number of H-pyrrole nitrogens is 1. The van der Waals surface area contributed by atoms with E-state index in [0.717, 1.165) is 47.0 Å². The van der Waals surface area contributed by atoms with Crippen molar-refractivity contribution in [2.75, 3.05) is 19.0 Å². The van der Waals surface area contributed by atoms with Crippen LogP contribution in [0.5, 0.6) is 0 Å². The van der Waals surface area contributed by atoms with Gasteiger partial charge in [0.2, 0.25) is 6.20 Å².